The molecule has 23 heavy (non-hydrogen) atoms. The molecule has 1 N–H and O–H groups in total. The minimum atomic E-state index is -0.456. The first-order chi connectivity index (χ1) is 11.0. The molecule has 0 atom stereocenters. The third-order valence-corrected chi connectivity index (χ3v) is 4.76. The van der Waals surface area contributed by atoms with E-state index in [1.165, 1.54) is 18.2 Å². The summed E-state index contributed by atoms with van der Waals surface area (Å²) >= 11 is 0. The van der Waals surface area contributed by atoms with Gasteiger partial charge >= 0.3 is 0 Å². The molecule has 0 aliphatic carbocycles. The minimum Gasteiger partial charge on any atom is -0.396 e. The fourth-order valence-electron chi connectivity index (χ4n) is 2.89. The number of likely N-dealkylation sites (tertiary alicyclic amines) is 1. The molecule has 1 saturated heterocycles. The van der Waals surface area contributed by atoms with Crippen molar-refractivity contribution in [2.24, 2.45) is 5.41 Å². The smallest absolute Gasteiger partial charge is 0.276 e. The van der Waals surface area contributed by atoms with Crippen LogP contribution < -0.4 is 0 Å². The lowest BCUT2D eigenvalue weighted by Gasteiger charge is -2.39. The van der Waals surface area contributed by atoms with E-state index in [0.29, 0.717) is 18.7 Å². The number of carbonyl (C=O) groups is 1. The predicted octanol–water partition coefficient (Wildman–Crippen LogP) is 2.62. The maximum atomic E-state index is 12.2. The van der Waals surface area contributed by atoms with Crippen molar-refractivity contribution in [3.8, 4) is 0 Å². The van der Waals surface area contributed by atoms with Gasteiger partial charge in [-0.05, 0) is 36.8 Å². The second-order valence-electron chi connectivity index (χ2n) is 5.99. The van der Waals surface area contributed by atoms with Crippen molar-refractivity contribution in [3.05, 3.63) is 46.0 Å². The maximum absolute atomic E-state index is 12.2. The number of benzene rings is 1. The number of carbonyl (C=O) groups excluding carboxylic acids is 1. The molecule has 2 rings (SSSR count). The first kappa shape index (κ1) is 17.1. The monoisotopic (exact) mass is 318 g/mol. The highest BCUT2D eigenvalue weighted by Crippen LogP contribution is 2.34. The third-order valence-electron chi connectivity index (χ3n) is 4.76. The van der Waals surface area contributed by atoms with Crippen LogP contribution in [0.2, 0.25) is 0 Å². The summed E-state index contributed by atoms with van der Waals surface area (Å²) in [6.45, 7) is 3.42. The van der Waals surface area contributed by atoms with Gasteiger partial charge in [-0.15, -0.1) is 0 Å². The van der Waals surface area contributed by atoms with Crippen LogP contribution in [0.5, 0.6) is 0 Å². The van der Waals surface area contributed by atoms with Crippen molar-refractivity contribution in [3.63, 3.8) is 0 Å². The van der Waals surface area contributed by atoms with E-state index in [2.05, 4.69) is 6.92 Å². The Labute approximate surface area is 135 Å². The molecule has 1 aliphatic heterocycles. The Morgan fingerprint density at radius 2 is 2.04 bits per heavy atom. The second-order valence-corrected chi connectivity index (χ2v) is 5.99. The standard InChI is InChI=1S/C17H22N2O4/c1-2-17(13-20)9-11-18(12-10-17)16(21)8-7-14-5-3-4-6-15(14)19(22)23/h3-8,20H,2,9-13H2,1H3/b8-7+. The molecule has 6 heteroatoms. The number of aliphatic hydroxyl groups is 1. The molecule has 6 nitrogen and oxygen atoms in total. The van der Waals surface area contributed by atoms with Crippen molar-refractivity contribution in [2.45, 2.75) is 26.2 Å². The summed E-state index contributed by atoms with van der Waals surface area (Å²) in [6, 6.07) is 6.34. The number of hydrogen-bond donors (Lipinski definition) is 1. The van der Waals surface area contributed by atoms with Crippen molar-refractivity contribution in [1.29, 1.82) is 0 Å². The Kier molecular flexibility index (Phi) is 5.50. The van der Waals surface area contributed by atoms with E-state index in [9.17, 15) is 20.0 Å². The Morgan fingerprint density at radius 1 is 1.39 bits per heavy atom. The Bertz CT molecular complexity index is 598. The van der Waals surface area contributed by atoms with Crippen molar-refractivity contribution in [2.75, 3.05) is 19.7 Å². The summed E-state index contributed by atoms with van der Waals surface area (Å²) in [5.41, 5.74) is 0.334. The molecule has 0 unspecified atom stereocenters. The number of piperidine rings is 1. The van der Waals surface area contributed by atoms with Crippen LogP contribution in [0.1, 0.15) is 31.7 Å². The van der Waals surface area contributed by atoms with E-state index in [1.807, 2.05) is 0 Å². The molecule has 1 heterocycles. The number of nitrogens with zero attached hydrogens (tertiary/aromatic N) is 2. The van der Waals surface area contributed by atoms with Crippen LogP contribution >= 0.6 is 0 Å². The van der Waals surface area contributed by atoms with Gasteiger partial charge in [0.2, 0.25) is 5.91 Å². The van der Waals surface area contributed by atoms with E-state index in [4.69, 9.17) is 0 Å². The first-order valence-electron chi connectivity index (χ1n) is 7.82. The zero-order valence-corrected chi connectivity index (χ0v) is 13.3. The van der Waals surface area contributed by atoms with E-state index in [0.717, 1.165) is 19.3 Å². The Balaban J connectivity index is 2.02. The fourth-order valence-corrected chi connectivity index (χ4v) is 2.89. The molecule has 0 aromatic heterocycles. The topological polar surface area (TPSA) is 83.7 Å². The van der Waals surface area contributed by atoms with Crippen molar-refractivity contribution >= 4 is 17.7 Å². The van der Waals surface area contributed by atoms with Gasteiger partial charge in [-0.2, -0.15) is 0 Å². The molecule has 1 aromatic carbocycles. The summed E-state index contributed by atoms with van der Waals surface area (Å²) < 4.78 is 0. The molecule has 0 saturated carbocycles. The van der Waals surface area contributed by atoms with Gasteiger partial charge in [0.1, 0.15) is 0 Å². The molecular formula is C17H22N2O4. The first-order valence-corrected chi connectivity index (χ1v) is 7.82. The lowest BCUT2D eigenvalue weighted by molar-refractivity contribution is -0.385. The minimum absolute atomic E-state index is 0.0134. The molecule has 1 fully saturated rings. The molecular weight excluding hydrogens is 296 g/mol. The average molecular weight is 318 g/mol. The highest BCUT2D eigenvalue weighted by Gasteiger charge is 2.33. The van der Waals surface area contributed by atoms with Crippen LogP contribution in [0.25, 0.3) is 6.08 Å². The lowest BCUT2D eigenvalue weighted by Crippen LogP contribution is -2.43. The second kappa shape index (κ2) is 7.37. The van der Waals surface area contributed by atoms with Crippen molar-refractivity contribution in [1.82, 2.24) is 4.90 Å². The SMILES string of the molecule is CCC1(CO)CCN(C(=O)/C=C/c2ccccc2[N+](=O)[O-])CC1. The van der Waals surface area contributed by atoms with Gasteiger partial charge in [-0.3, -0.25) is 14.9 Å². The van der Waals surface area contributed by atoms with Gasteiger partial charge in [0.25, 0.3) is 5.69 Å². The molecule has 1 aliphatic rings. The van der Waals surface area contributed by atoms with Crippen LogP contribution in [-0.2, 0) is 4.79 Å². The van der Waals surface area contributed by atoms with Crippen LogP contribution in [0.4, 0.5) is 5.69 Å². The quantitative estimate of drug-likeness (QED) is 0.514. The lowest BCUT2D eigenvalue weighted by atomic mass is 9.77. The Morgan fingerprint density at radius 3 is 2.61 bits per heavy atom. The number of rotatable bonds is 5. The van der Waals surface area contributed by atoms with E-state index < -0.39 is 4.92 Å². The van der Waals surface area contributed by atoms with Gasteiger partial charge in [0.05, 0.1) is 10.5 Å². The number of hydrogen-bond acceptors (Lipinski definition) is 4. The van der Waals surface area contributed by atoms with Crippen LogP contribution in [0.15, 0.2) is 30.3 Å². The van der Waals surface area contributed by atoms with E-state index in [-0.39, 0.29) is 23.6 Å². The number of amides is 1. The van der Waals surface area contributed by atoms with Crippen LogP contribution in [0, 0.1) is 15.5 Å². The van der Waals surface area contributed by atoms with Crippen LogP contribution in [0.3, 0.4) is 0 Å². The van der Waals surface area contributed by atoms with Gasteiger partial charge < -0.3 is 10.0 Å². The zero-order chi connectivity index (χ0) is 16.9. The number of para-hydroxylation sites is 1. The molecule has 1 aromatic rings. The zero-order valence-electron chi connectivity index (χ0n) is 13.3. The number of aliphatic hydroxyl groups excluding tert-OH is 1. The summed E-state index contributed by atoms with van der Waals surface area (Å²) in [5, 5.41) is 20.5. The predicted molar refractivity (Wildman–Crippen MR) is 87.8 cm³/mol. The molecule has 0 radical (unpaired) electrons. The normalized spacial score (nSPS) is 17.4. The Hall–Kier alpha value is -2.21. The average Bonchev–Trinajstić information content (AvgIpc) is 2.60. The highest BCUT2D eigenvalue weighted by molar-refractivity contribution is 5.92. The van der Waals surface area contributed by atoms with Gasteiger partial charge in [0.15, 0.2) is 0 Å². The summed E-state index contributed by atoms with van der Waals surface area (Å²) in [4.78, 5) is 24.5. The largest absolute Gasteiger partial charge is 0.396 e. The summed E-state index contributed by atoms with van der Waals surface area (Å²) in [5.74, 6) is -0.147. The fraction of sp³-hybridized carbons (Fsp3) is 0.471. The van der Waals surface area contributed by atoms with Crippen molar-refractivity contribution < 1.29 is 14.8 Å². The van der Waals surface area contributed by atoms with Gasteiger partial charge in [-0.25, -0.2) is 0 Å². The molecule has 1 amide bonds. The molecule has 124 valence electrons. The van der Waals surface area contributed by atoms with Crippen LogP contribution in [-0.4, -0.2) is 40.5 Å². The summed E-state index contributed by atoms with van der Waals surface area (Å²) in [6.07, 6.45) is 5.35. The number of nitro groups is 1. The van der Waals surface area contributed by atoms with E-state index in [1.54, 1.807) is 23.1 Å². The van der Waals surface area contributed by atoms with E-state index >= 15 is 0 Å². The van der Waals surface area contributed by atoms with Gasteiger partial charge in [-0.1, -0.05) is 19.1 Å². The van der Waals surface area contributed by atoms with Gasteiger partial charge in [0, 0.05) is 31.8 Å². The number of nitro benzene ring substituents is 1. The summed E-state index contributed by atoms with van der Waals surface area (Å²) in [7, 11) is 0. The third kappa shape index (κ3) is 3.96. The molecule has 0 spiro atoms. The molecule has 0 bridgehead atoms. The maximum Gasteiger partial charge on any atom is 0.276 e. The highest BCUT2D eigenvalue weighted by atomic mass is 16.6.